The molecule has 0 fully saturated rings. The summed E-state index contributed by atoms with van der Waals surface area (Å²) in [4.78, 5) is 0. The Morgan fingerprint density at radius 1 is 0.957 bits per heavy atom. The van der Waals surface area contributed by atoms with Crippen molar-refractivity contribution in [3.63, 3.8) is 0 Å². The maximum Gasteiger partial charge on any atom is 0.210 e. The van der Waals surface area contributed by atoms with Crippen LogP contribution >= 0.6 is 11.3 Å². The highest BCUT2D eigenvalue weighted by Crippen LogP contribution is 2.23. The van der Waals surface area contributed by atoms with Gasteiger partial charge in [0, 0.05) is 5.69 Å². The first-order chi connectivity index (χ1) is 11.2. The van der Waals surface area contributed by atoms with Gasteiger partial charge in [0.25, 0.3) is 0 Å². The monoisotopic (exact) mass is 327 g/mol. The van der Waals surface area contributed by atoms with E-state index in [-0.39, 0.29) is 0 Å². The predicted octanol–water partition coefficient (Wildman–Crippen LogP) is 4.18. The van der Waals surface area contributed by atoms with Crippen LogP contribution in [0, 0.1) is 6.92 Å². The third-order valence-corrected chi connectivity index (χ3v) is 4.00. The smallest absolute Gasteiger partial charge is 0.210 e. The Balaban J connectivity index is 1.57. The van der Waals surface area contributed by atoms with Gasteiger partial charge in [-0.05, 0) is 43.3 Å². The van der Waals surface area contributed by atoms with Gasteiger partial charge in [-0.25, -0.2) is 0 Å². The SMILES string of the molecule is COc1ccc(Nc2nnc(COc3ccc(C)cc3)s2)cc1. The molecule has 0 saturated heterocycles. The second kappa shape index (κ2) is 7.11. The summed E-state index contributed by atoms with van der Waals surface area (Å²) in [7, 11) is 1.65. The van der Waals surface area contributed by atoms with Gasteiger partial charge in [0.2, 0.25) is 5.13 Å². The van der Waals surface area contributed by atoms with E-state index in [1.165, 1.54) is 16.9 Å². The third kappa shape index (κ3) is 4.20. The maximum atomic E-state index is 5.70. The van der Waals surface area contributed by atoms with Crippen LogP contribution in [-0.4, -0.2) is 17.3 Å². The molecule has 0 saturated carbocycles. The van der Waals surface area contributed by atoms with E-state index in [2.05, 4.69) is 15.5 Å². The molecule has 0 amide bonds. The molecule has 0 aliphatic carbocycles. The number of nitrogens with zero attached hydrogens (tertiary/aromatic N) is 2. The van der Waals surface area contributed by atoms with Gasteiger partial charge in [-0.2, -0.15) is 0 Å². The van der Waals surface area contributed by atoms with Crippen LogP contribution in [0.15, 0.2) is 48.5 Å². The zero-order valence-electron chi connectivity index (χ0n) is 12.9. The van der Waals surface area contributed by atoms with Crippen LogP contribution in [0.2, 0.25) is 0 Å². The van der Waals surface area contributed by atoms with Gasteiger partial charge in [-0.3, -0.25) is 0 Å². The Morgan fingerprint density at radius 3 is 2.35 bits per heavy atom. The lowest BCUT2D eigenvalue weighted by molar-refractivity contribution is 0.304. The molecule has 3 rings (SSSR count). The van der Waals surface area contributed by atoms with Gasteiger partial charge in [0.05, 0.1) is 7.11 Å². The van der Waals surface area contributed by atoms with Crippen molar-refractivity contribution in [2.75, 3.05) is 12.4 Å². The number of rotatable bonds is 6. The van der Waals surface area contributed by atoms with E-state index in [9.17, 15) is 0 Å². The normalized spacial score (nSPS) is 10.3. The standard InChI is InChI=1S/C17H17N3O2S/c1-12-3-7-15(8-4-12)22-11-16-19-20-17(23-16)18-13-5-9-14(21-2)10-6-13/h3-10H,11H2,1-2H3,(H,18,20). The van der Waals surface area contributed by atoms with Crippen LogP contribution in [0.4, 0.5) is 10.8 Å². The lowest BCUT2D eigenvalue weighted by Crippen LogP contribution is -1.94. The summed E-state index contributed by atoms with van der Waals surface area (Å²) in [6, 6.07) is 15.6. The summed E-state index contributed by atoms with van der Waals surface area (Å²) in [6.07, 6.45) is 0. The Bertz CT molecular complexity index is 754. The number of ether oxygens (including phenoxy) is 2. The number of hydrogen-bond acceptors (Lipinski definition) is 6. The van der Waals surface area contributed by atoms with Crippen LogP contribution in [0.3, 0.4) is 0 Å². The van der Waals surface area contributed by atoms with E-state index in [1.807, 2.05) is 55.5 Å². The number of benzene rings is 2. The van der Waals surface area contributed by atoms with Crippen molar-refractivity contribution in [2.24, 2.45) is 0 Å². The van der Waals surface area contributed by atoms with E-state index >= 15 is 0 Å². The number of aromatic nitrogens is 2. The summed E-state index contributed by atoms with van der Waals surface area (Å²) in [5.41, 5.74) is 2.15. The quantitative estimate of drug-likeness (QED) is 0.736. The second-order valence-corrected chi connectivity index (χ2v) is 6.02. The van der Waals surface area contributed by atoms with Gasteiger partial charge in [-0.15, -0.1) is 10.2 Å². The highest BCUT2D eigenvalue weighted by molar-refractivity contribution is 7.15. The van der Waals surface area contributed by atoms with Crippen LogP contribution in [0.1, 0.15) is 10.6 Å². The van der Waals surface area contributed by atoms with Crippen molar-refractivity contribution in [3.05, 3.63) is 59.1 Å². The largest absolute Gasteiger partial charge is 0.497 e. The lowest BCUT2D eigenvalue weighted by atomic mass is 10.2. The summed E-state index contributed by atoms with van der Waals surface area (Å²) in [6.45, 7) is 2.46. The molecule has 0 atom stereocenters. The van der Waals surface area contributed by atoms with Gasteiger partial charge in [0.1, 0.15) is 18.1 Å². The molecule has 2 aromatic carbocycles. The molecule has 0 aliphatic rings. The molecule has 1 N–H and O–H groups in total. The molecular formula is C17H17N3O2S. The average molecular weight is 327 g/mol. The fraction of sp³-hybridized carbons (Fsp3) is 0.176. The number of aryl methyl sites for hydroxylation is 1. The van der Waals surface area contributed by atoms with Gasteiger partial charge in [-0.1, -0.05) is 29.0 Å². The molecule has 118 valence electrons. The fourth-order valence-electron chi connectivity index (χ4n) is 1.94. The molecule has 0 spiro atoms. The fourth-order valence-corrected chi connectivity index (χ4v) is 2.61. The summed E-state index contributed by atoms with van der Waals surface area (Å²) < 4.78 is 10.8. The molecular weight excluding hydrogens is 310 g/mol. The first-order valence-corrected chi connectivity index (χ1v) is 7.97. The Kier molecular flexibility index (Phi) is 4.73. The first-order valence-electron chi connectivity index (χ1n) is 7.16. The topological polar surface area (TPSA) is 56.3 Å². The summed E-state index contributed by atoms with van der Waals surface area (Å²) >= 11 is 1.47. The van der Waals surface area contributed by atoms with Crippen LogP contribution in [0.25, 0.3) is 0 Å². The number of methoxy groups -OCH3 is 1. The molecule has 0 radical (unpaired) electrons. The zero-order chi connectivity index (χ0) is 16.1. The molecule has 0 aliphatic heterocycles. The summed E-state index contributed by atoms with van der Waals surface area (Å²) in [5.74, 6) is 1.65. The lowest BCUT2D eigenvalue weighted by Gasteiger charge is -2.04. The Labute approximate surface area is 138 Å². The van der Waals surface area contributed by atoms with Gasteiger partial charge < -0.3 is 14.8 Å². The minimum Gasteiger partial charge on any atom is -0.497 e. The minimum atomic E-state index is 0.408. The number of anilines is 2. The van der Waals surface area contributed by atoms with Crippen LogP contribution in [0.5, 0.6) is 11.5 Å². The molecule has 0 unspecified atom stereocenters. The number of hydrogen-bond donors (Lipinski definition) is 1. The van der Waals surface area contributed by atoms with Crippen molar-refractivity contribution in [3.8, 4) is 11.5 Å². The van der Waals surface area contributed by atoms with E-state index < -0.39 is 0 Å². The average Bonchev–Trinajstić information content (AvgIpc) is 3.02. The maximum absolute atomic E-state index is 5.70. The molecule has 23 heavy (non-hydrogen) atoms. The van der Waals surface area contributed by atoms with E-state index in [0.29, 0.717) is 6.61 Å². The Hall–Kier alpha value is -2.60. The molecule has 1 heterocycles. The van der Waals surface area contributed by atoms with E-state index in [0.717, 1.165) is 27.3 Å². The molecule has 1 aromatic heterocycles. The second-order valence-electron chi connectivity index (χ2n) is 4.96. The van der Waals surface area contributed by atoms with Crippen molar-refractivity contribution >= 4 is 22.2 Å². The van der Waals surface area contributed by atoms with Crippen LogP contribution < -0.4 is 14.8 Å². The first kappa shape index (κ1) is 15.3. The van der Waals surface area contributed by atoms with Crippen molar-refractivity contribution in [1.82, 2.24) is 10.2 Å². The van der Waals surface area contributed by atoms with Crippen molar-refractivity contribution in [1.29, 1.82) is 0 Å². The van der Waals surface area contributed by atoms with Gasteiger partial charge >= 0.3 is 0 Å². The summed E-state index contributed by atoms with van der Waals surface area (Å²) in [5, 5.41) is 13.0. The zero-order valence-corrected chi connectivity index (χ0v) is 13.8. The molecule has 0 bridgehead atoms. The van der Waals surface area contributed by atoms with Crippen LogP contribution in [-0.2, 0) is 6.61 Å². The Morgan fingerprint density at radius 2 is 1.65 bits per heavy atom. The van der Waals surface area contributed by atoms with E-state index in [4.69, 9.17) is 9.47 Å². The highest BCUT2D eigenvalue weighted by atomic mass is 32.1. The molecule has 5 nitrogen and oxygen atoms in total. The third-order valence-electron chi connectivity index (χ3n) is 3.19. The number of nitrogens with one attached hydrogen (secondary N) is 1. The van der Waals surface area contributed by atoms with Crippen molar-refractivity contribution < 1.29 is 9.47 Å². The highest BCUT2D eigenvalue weighted by Gasteiger charge is 2.05. The van der Waals surface area contributed by atoms with Crippen molar-refractivity contribution in [2.45, 2.75) is 13.5 Å². The van der Waals surface area contributed by atoms with E-state index in [1.54, 1.807) is 7.11 Å². The van der Waals surface area contributed by atoms with Gasteiger partial charge in [0.15, 0.2) is 5.01 Å². The molecule has 6 heteroatoms. The minimum absolute atomic E-state index is 0.408. The predicted molar refractivity (Wildman–Crippen MR) is 91.7 cm³/mol. The molecule has 3 aromatic rings.